The van der Waals surface area contributed by atoms with Crippen LogP contribution in [-0.4, -0.2) is 39.2 Å². The number of imidazole rings is 1. The summed E-state index contributed by atoms with van der Waals surface area (Å²) in [6.45, 7) is 0.807. The predicted octanol–water partition coefficient (Wildman–Crippen LogP) is 2.56. The number of halogens is 2. The lowest BCUT2D eigenvalue weighted by Gasteiger charge is -2.16. The molecule has 0 fully saturated rings. The van der Waals surface area contributed by atoms with Crippen molar-refractivity contribution in [1.82, 2.24) is 14.9 Å². The number of carbonyl (C=O) groups is 2. The third kappa shape index (κ3) is 4.00. The number of nitrogens with one attached hydrogen (secondary N) is 1. The van der Waals surface area contributed by atoms with Gasteiger partial charge in [0.25, 0.3) is 5.91 Å². The zero-order valence-corrected chi connectivity index (χ0v) is 15.0. The second-order valence-electron chi connectivity index (χ2n) is 5.65. The summed E-state index contributed by atoms with van der Waals surface area (Å²) >= 11 is 12.3. The van der Waals surface area contributed by atoms with E-state index in [4.69, 9.17) is 27.9 Å². The number of allylic oxidation sites excluding steroid dienone is 1. The van der Waals surface area contributed by atoms with E-state index in [1.807, 2.05) is 12.2 Å². The number of ether oxygens (including phenoxy) is 1. The number of nitrogens with zero attached hydrogens (tertiary/aromatic N) is 2. The molecule has 1 aromatic heterocycles. The Hall–Kier alpha value is -2.51. The summed E-state index contributed by atoms with van der Waals surface area (Å²) in [5.41, 5.74) is 0.518. The molecule has 1 aromatic carbocycles. The van der Waals surface area contributed by atoms with E-state index in [2.05, 4.69) is 10.3 Å². The summed E-state index contributed by atoms with van der Waals surface area (Å²) in [5.74, 6) is -1.59. The second-order valence-corrected chi connectivity index (χ2v) is 6.43. The number of aliphatic carboxylic acids is 1. The minimum absolute atomic E-state index is 0.0264. The maximum atomic E-state index is 12.6. The number of hydrogen-bond donors (Lipinski definition) is 2. The molecule has 0 radical (unpaired) electrons. The van der Waals surface area contributed by atoms with E-state index >= 15 is 0 Å². The molecule has 4 bridgehead atoms. The molecule has 1 aliphatic rings. The van der Waals surface area contributed by atoms with Crippen LogP contribution < -0.4 is 10.1 Å². The van der Waals surface area contributed by atoms with Gasteiger partial charge in [-0.1, -0.05) is 29.3 Å². The Morgan fingerprint density at radius 1 is 1.35 bits per heavy atom. The van der Waals surface area contributed by atoms with Gasteiger partial charge in [0.2, 0.25) is 0 Å². The lowest BCUT2D eigenvalue weighted by molar-refractivity contribution is -0.139. The molecule has 3 rings (SSSR count). The highest BCUT2D eigenvalue weighted by Crippen LogP contribution is 2.33. The fourth-order valence-corrected chi connectivity index (χ4v) is 3.10. The smallest absolute Gasteiger partial charge is 0.326 e. The number of rotatable bonds is 1. The van der Waals surface area contributed by atoms with Gasteiger partial charge >= 0.3 is 5.97 Å². The van der Waals surface area contributed by atoms with Crippen molar-refractivity contribution in [2.75, 3.05) is 6.61 Å². The first kappa shape index (κ1) is 18.3. The molecule has 7 nitrogen and oxygen atoms in total. The van der Waals surface area contributed by atoms with Crippen molar-refractivity contribution in [2.45, 2.75) is 19.0 Å². The molecule has 2 heterocycles. The molecule has 136 valence electrons. The molecule has 2 aromatic rings. The number of carboxylic acids is 1. The molecule has 0 saturated heterocycles. The SMILES string of the molecule is O=C1N[C@H](C(=O)O)Cc2cn(cn2)C/C=C/COc2ccc(Cl)c1c2Cl. The van der Waals surface area contributed by atoms with Gasteiger partial charge in [-0.2, -0.15) is 0 Å². The van der Waals surface area contributed by atoms with Crippen molar-refractivity contribution in [3.63, 3.8) is 0 Å². The Morgan fingerprint density at radius 2 is 2.15 bits per heavy atom. The minimum Gasteiger partial charge on any atom is -0.488 e. The van der Waals surface area contributed by atoms with Gasteiger partial charge < -0.3 is 19.7 Å². The van der Waals surface area contributed by atoms with E-state index in [0.717, 1.165) is 0 Å². The quantitative estimate of drug-likeness (QED) is 0.723. The van der Waals surface area contributed by atoms with Crippen LogP contribution >= 0.6 is 23.2 Å². The zero-order chi connectivity index (χ0) is 18.7. The van der Waals surface area contributed by atoms with Crippen molar-refractivity contribution < 1.29 is 19.4 Å². The number of carboxylic acid groups (broad SMARTS) is 1. The van der Waals surface area contributed by atoms with Gasteiger partial charge in [-0.25, -0.2) is 9.78 Å². The van der Waals surface area contributed by atoms with E-state index in [1.54, 1.807) is 23.2 Å². The second kappa shape index (κ2) is 7.80. The fourth-order valence-electron chi connectivity index (χ4n) is 2.51. The Balaban J connectivity index is 2.00. The average molecular weight is 396 g/mol. The summed E-state index contributed by atoms with van der Waals surface area (Å²) in [5, 5.41) is 12.0. The van der Waals surface area contributed by atoms with Gasteiger partial charge in [0, 0.05) is 19.2 Å². The maximum absolute atomic E-state index is 12.6. The van der Waals surface area contributed by atoms with Crippen molar-refractivity contribution in [2.24, 2.45) is 0 Å². The average Bonchev–Trinajstić information content (AvgIpc) is 3.02. The van der Waals surface area contributed by atoms with Gasteiger partial charge in [0.05, 0.1) is 27.6 Å². The van der Waals surface area contributed by atoms with Crippen molar-refractivity contribution >= 4 is 35.1 Å². The molecular formula is C17H15Cl2N3O4. The lowest BCUT2D eigenvalue weighted by atomic mass is 10.1. The highest BCUT2D eigenvalue weighted by atomic mass is 35.5. The number of aromatic nitrogens is 2. The Morgan fingerprint density at radius 3 is 2.92 bits per heavy atom. The van der Waals surface area contributed by atoms with Crippen molar-refractivity contribution in [3.8, 4) is 5.75 Å². The molecular weight excluding hydrogens is 381 g/mol. The fraction of sp³-hybridized carbons (Fsp3) is 0.235. The topological polar surface area (TPSA) is 93.5 Å². The number of benzene rings is 1. The van der Waals surface area contributed by atoms with Crippen LogP contribution in [-0.2, 0) is 17.8 Å². The molecule has 9 heteroatoms. The van der Waals surface area contributed by atoms with E-state index in [1.165, 1.54) is 6.07 Å². The summed E-state index contributed by atoms with van der Waals surface area (Å²) in [6.07, 6.45) is 7.05. The number of amides is 1. The van der Waals surface area contributed by atoms with Crippen molar-refractivity contribution in [1.29, 1.82) is 0 Å². The van der Waals surface area contributed by atoms with Gasteiger partial charge in [-0.15, -0.1) is 0 Å². The summed E-state index contributed by atoms with van der Waals surface area (Å²) in [4.78, 5) is 28.3. The highest BCUT2D eigenvalue weighted by Gasteiger charge is 2.26. The van der Waals surface area contributed by atoms with Gasteiger partial charge in [0.1, 0.15) is 18.4 Å². The van der Waals surface area contributed by atoms with Crippen LogP contribution in [0.15, 0.2) is 36.8 Å². The first-order valence-corrected chi connectivity index (χ1v) is 8.51. The molecule has 1 amide bonds. The first-order chi connectivity index (χ1) is 12.5. The predicted molar refractivity (Wildman–Crippen MR) is 95.9 cm³/mol. The monoisotopic (exact) mass is 395 g/mol. The lowest BCUT2D eigenvalue weighted by Crippen LogP contribution is -2.42. The van der Waals surface area contributed by atoms with Crippen LogP contribution in [0.5, 0.6) is 5.75 Å². The molecule has 1 atom stereocenters. The van der Waals surface area contributed by atoms with Crippen LogP contribution in [0.2, 0.25) is 10.0 Å². The third-order valence-corrected chi connectivity index (χ3v) is 4.49. The Labute approximate surface area is 159 Å². The standard InChI is InChI=1S/C17H15Cl2N3O4/c18-11-3-4-13-15(19)14(11)16(23)21-12(17(24)25)7-10-8-22(9-20-10)5-1-2-6-26-13/h1-4,8-9,12H,5-7H2,(H,21,23)(H,24,25)/b2-1+/t12-/m0/s1. The van der Waals surface area contributed by atoms with E-state index in [9.17, 15) is 14.7 Å². The molecule has 0 saturated carbocycles. The summed E-state index contributed by atoms with van der Waals surface area (Å²) in [7, 11) is 0. The molecule has 1 aliphatic heterocycles. The van der Waals surface area contributed by atoms with Crippen LogP contribution in [0, 0.1) is 0 Å². The molecule has 0 spiro atoms. The van der Waals surface area contributed by atoms with Crippen molar-refractivity contribution in [3.05, 3.63) is 58.1 Å². The Kier molecular flexibility index (Phi) is 5.49. The number of fused-ring (bicyclic) bond motifs is 4. The number of carbonyl (C=O) groups excluding carboxylic acids is 1. The molecule has 0 unspecified atom stereocenters. The molecule has 26 heavy (non-hydrogen) atoms. The normalized spacial score (nSPS) is 18.8. The summed E-state index contributed by atoms with van der Waals surface area (Å²) < 4.78 is 7.37. The maximum Gasteiger partial charge on any atom is 0.326 e. The van der Waals surface area contributed by atoms with Gasteiger partial charge in [-0.3, -0.25) is 4.79 Å². The van der Waals surface area contributed by atoms with Crippen LogP contribution in [0.25, 0.3) is 0 Å². The van der Waals surface area contributed by atoms with Crippen LogP contribution in [0.4, 0.5) is 0 Å². The largest absolute Gasteiger partial charge is 0.488 e. The van der Waals surface area contributed by atoms with Crippen LogP contribution in [0.1, 0.15) is 16.1 Å². The number of hydrogen-bond acceptors (Lipinski definition) is 4. The van der Waals surface area contributed by atoms with Gasteiger partial charge in [-0.05, 0) is 18.2 Å². The zero-order valence-electron chi connectivity index (χ0n) is 13.5. The third-order valence-electron chi connectivity index (χ3n) is 3.80. The molecule has 2 N–H and O–H groups in total. The molecule has 0 aliphatic carbocycles. The highest BCUT2D eigenvalue weighted by molar-refractivity contribution is 6.40. The van der Waals surface area contributed by atoms with E-state index in [-0.39, 0.29) is 34.4 Å². The summed E-state index contributed by atoms with van der Waals surface area (Å²) in [6, 6.07) is 1.86. The first-order valence-electron chi connectivity index (χ1n) is 7.76. The van der Waals surface area contributed by atoms with Gasteiger partial charge in [0.15, 0.2) is 0 Å². The van der Waals surface area contributed by atoms with E-state index in [0.29, 0.717) is 12.2 Å². The van der Waals surface area contributed by atoms with Crippen LogP contribution in [0.3, 0.4) is 0 Å². The van der Waals surface area contributed by atoms with E-state index < -0.39 is 17.9 Å². The minimum atomic E-state index is -1.18. The Bertz CT molecular complexity index is 879.